The highest BCUT2D eigenvalue weighted by Gasteiger charge is 2.29. The molecule has 3 rings (SSSR count). The summed E-state index contributed by atoms with van der Waals surface area (Å²) in [7, 11) is 0. The van der Waals surface area contributed by atoms with Crippen molar-refractivity contribution < 1.29 is 39.3 Å². The molecule has 0 spiro atoms. The van der Waals surface area contributed by atoms with Crippen LogP contribution in [-0.4, -0.2) is 74.6 Å². The molecular weight excluding hydrogens is 522 g/mol. The van der Waals surface area contributed by atoms with Crippen molar-refractivity contribution in [3.63, 3.8) is 0 Å². The van der Waals surface area contributed by atoms with Gasteiger partial charge >= 0.3 is 11.9 Å². The lowest BCUT2D eigenvalue weighted by Gasteiger charge is -2.24. The number of phenols is 1. The number of nitrogens with one attached hydrogen (secondary N) is 4. The van der Waals surface area contributed by atoms with Crippen molar-refractivity contribution in [2.45, 2.75) is 43.8 Å². The summed E-state index contributed by atoms with van der Waals surface area (Å²) in [5.74, 6) is -4.78. The number of aromatic nitrogens is 1. The van der Waals surface area contributed by atoms with Crippen LogP contribution < -0.4 is 21.7 Å². The van der Waals surface area contributed by atoms with E-state index in [9.17, 15) is 29.1 Å². The molecule has 0 bridgehead atoms. The first kappa shape index (κ1) is 29.6. The SMILES string of the molecule is NC(Cc1ccc(O)cc1)C(=O)NC(Cc1c[nH]c2ccccc12)C(=O)NC(CCC(=O)O)C(=O)NCC(=O)O. The number of phenolic OH excluding ortho intramolecular Hbond substituents is 1. The fourth-order valence-corrected chi connectivity index (χ4v) is 4.08. The standard InChI is InChI=1S/C27H31N5O8/c28-19(11-15-5-7-17(33)8-6-15)25(38)32-22(12-16-13-29-20-4-2-1-3-18(16)20)27(40)31-21(9-10-23(34)35)26(39)30-14-24(36)37/h1-8,13,19,21-22,29,33H,9-12,14,28H2,(H,30,39)(H,31,40)(H,32,38)(H,34,35)(H,36,37). The van der Waals surface area contributed by atoms with E-state index in [1.54, 1.807) is 18.3 Å². The zero-order valence-electron chi connectivity index (χ0n) is 21.4. The zero-order chi connectivity index (χ0) is 29.2. The first-order valence-corrected chi connectivity index (χ1v) is 12.4. The molecule has 2 aromatic carbocycles. The number of hydrogen-bond acceptors (Lipinski definition) is 7. The van der Waals surface area contributed by atoms with Gasteiger partial charge in [0.15, 0.2) is 0 Å². The molecule has 0 aliphatic carbocycles. The summed E-state index contributed by atoms with van der Waals surface area (Å²) in [6.45, 7) is -0.722. The Labute approximate surface area is 228 Å². The van der Waals surface area contributed by atoms with Crippen LogP contribution in [-0.2, 0) is 36.8 Å². The number of benzene rings is 2. The number of hydrogen-bond donors (Lipinski definition) is 8. The van der Waals surface area contributed by atoms with E-state index in [0.717, 1.165) is 10.9 Å². The Bertz CT molecular complexity index is 1370. The van der Waals surface area contributed by atoms with E-state index in [0.29, 0.717) is 11.1 Å². The number of fused-ring (bicyclic) bond motifs is 1. The maximum Gasteiger partial charge on any atom is 0.322 e. The minimum atomic E-state index is -1.36. The van der Waals surface area contributed by atoms with E-state index in [1.165, 1.54) is 12.1 Å². The monoisotopic (exact) mass is 553 g/mol. The average Bonchev–Trinajstić information content (AvgIpc) is 3.32. The van der Waals surface area contributed by atoms with Crippen LogP contribution in [0.15, 0.2) is 54.7 Å². The second-order valence-electron chi connectivity index (χ2n) is 9.21. The summed E-state index contributed by atoms with van der Waals surface area (Å²) in [6.07, 6.45) is 1.04. The molecule has 3 unspecified atom stereocenters. The van der Waals surface area contributed by atoms with Gasteiger partial charge in [0.2, 0.25) is 17.7 Å². The predicted molar refractivity (Wildman–Crippen MR) is 143 cm³/mol. The van der Waals surface area contributed by atoms with E-state index in [2.05, 4.69) is 20.9 Å². The molecule has 3 aromatic rings. The van der Waals surface area contributed by atoms with Gasteiger partial charge in [-0.25, -0.2) is 0 Å². The van der Waals surface area contributed by atoms with E-state index >= 15 is 0 Å². The van der Waals surface area contributed by atoms with E-state index in [1.807, 2.05) is 24.3 Å². The summed E-state index contributed by atoms with van der Waals surface area (Å²) in [5, 5.41) is 35.4. The molecule has 1 aromatic heterocycles. The first-order chi connectivity index (χ1) is 19.0. The Kier molecular flexibility index (Phi) is 10.2. The Morgan fingerprint density at radius 2 is 1.50 bits per heavy atom. The number of amides is 3. The van der Waals surface area contributed by atoms with Gasteiger partial charge in [0.25, 0.3) is 0 Å². The van der Waals surface area contributed by atoms with Crippen LogP contribution in [0.4, 0.5) is 0 Å². The van der Waals surface area contributed by atoms with Crippen LogP contribution in [0.2, 0.25) is 0 Å². The molecule has 40 heavy (non-hydrogen) atoms. The van der Waals surface area contributed by atoms with Crippen molar-refractivity contribution in [2.75, 3.05) is 6.54 Å². The highest BCUT2D eigenvalue weighted by Crippen LogP contribution is 2.19. The maximum atomic E-state index is 13.4. The molecule has 13 nitrogen and oxygen atoms in total. The van der Waals surface area contributed by atoms with Crippen molar-refractivity contribution in [3.05, 3.63) is 65.9 Å². The zero-order valence-corrected chi connectivity index (χ0v) is 21.4. The second kappa shape index (κ2) is 13.8. The van der Waals surface area contributed by atoms with Crippen LogP contribution in [0.3, 0.4) is 0 Å². The second-order valence-corrected chi connectivity index (χ2v) is 9.21. The average molecular weight is 554 g/mol. The van der Waals surface area contributed by atoms with Crippen molar-refractivity contribution in [1.82, 2.24) is 20.9 Å². The maximum absolute atomic E-state index is 13.4. The number of aromatic hydroxyl groups is 1. The molecule has 1 heterocycles. The summed E-state index contributed by atoms with van der Waals surface area (Å²) in [5.41, 5.74) is 8.28. The molecule has 212 valence electrons. The Morgan fingerprint density at radius 1 is 0.825 bits per heavy atom. The summed E-state index contributed by atoms with van der Waals surface area (Å²) < 4.78 is 0. The Hall–Kier alpha value is -4.91. The number of carboxylic acid groups (broad SMARTS) is 2. The van der Waals surface area contributed by atoms with Crippen molar-refractivity contribution in [2.24, 2.45) is 5.73 Å². The largest absolute Gasteiger partial charge is 0.508 e. The van der Waals surface area contributed by atoms with Crippen LogP contribution in [0.1, 0.15) is 24.0 Å². The molecule has 0 radical (unpaired) electrons. The Balaban J connectivity index is 1.81. The number of aliphatic carboxylic acids is 2. The first-order valence-electron chi connectivity index (χ1n) is 12.4. The lowest BCUT2D eigenvalue weighted by Crippen LogP contribution is -2.57. The van der Waals surface area contributed by atoms with Gasteiger partial charge in [-0.15, -0.1) is 0 Å². The van der Waals surface area contributed by atoms with Gasteiger partial charge in [-0.05, 0) is 42.2 Å². The van der Waals surface area contributed by atoms with Crippen molar-refractivity contribution in [3.8, 4) is 5.75 Å². The lowest BCUT2D eigenvalue weighted by molar-refractivity contribution is -0.140. The molecular formula is C27H31N5O8. The summed E-state index contributed by atoms with van der Waals surface area (Å²) >= 11 is 0. The van der Waals surface area contributed by atoms with Gasteiger partial charge in [-0.1, -0.05) is 30.3 Å². The summed E-state index contributed by atoms with van der Waals surface area (Å²) in [6, 6.07) is 9.84. The smallest absolute Gasteiger partial charge is 0.322 e. The van der Waals surface area contributed by atoms with Crippen LogP contribution in [0.5, 0.6) is 5.75 Å². The normalized spacial score (nSPS) is 13.1. The topological polar surface area (TPSA) is 224 Å². The molecule has 13 heteroatoms. The molecule has 0 saturated carbocycles. The molecule has 0 fully saturated rings. The quantitative estimate of drug-likeness (QED) is 0.134. The van der Waals surface area contributed by atoms with E-state index < -0.39 is 60.8 Å². The molecule has 0 aliphatic rings. The number of carbonyl (C=O) groups is 5. The molecule has 0 aliphatic heterocycles. The highest BCUT2D eigenvalue weighted by molar-refractivity contribution is 5.94. The minimum Gasteiger partial charge on any atom is -0.508 e. The van der Waals surface area contributed by atoms with Gasteiger partial charge in [0.1, 0.15) is 24.4 Å². The third-order valence-electron chi connectivity index (χ3n) is 6.15. The van der Waals surface area contributed by atoms with Crippen molar-refractivity contribution in [1.29, 1.82) is 0 Å². The van der Waals surface area contributed by atoms with Crippen LogP contribution in [0, 0.1) is 0 Å². The fraction of sp³-hybridized carbons (Fsp3) is 0.296. The number of aromatic amines is 1. The van der Waals surface area contributed by atoms with Gasteiger partial charge in [0.05, 0.1) is 6.04 Å². The van der Waals surface area contributed by atoms with Crippen LogP contribution in [0.25, 0.3) is 10.9 Å². The minimum absolute atomic E-state index is 0.00983. The van der Waals surface area contributed by atoms with Gasteiger partial charge in [0, 0.05) is 29.9 Å². The molecule has 0 saturated heterocycles. The molecule has 9 N–H and O–H groups in total. The highest BCUT2D eigenvalue weighted by atomic mass is 16.4. The number of carbonyl (C=O) groups excluding carboxylic acids is 3. The van der Waals surface area contributed by atoms with Gasteiger partial charge in [-0.2, -0.15) is 0 Å². The fourth-order valence-electron chi connectivity index (χ4n) is 4.08. The Morgan fingerprint density at radius 3 is 2.17 bits per heavy atom. The number of H-pyrrole nitrogens is 1. The summed E-state index contributed by atoms with van der Waals surface area (Å²) in [4.78, 5) is 64.1. The number of rotatable bonds is 14. The van der Waals surface area contributed by atoms with E-state index in [-0.39, 0.29) is 25.0 Å². The number of carboxylic acids is 2. The number of nitrogens with two attached hydrogens (primary N) is 1. The number of para-hydroxylation sites is 1. The van der Waals surface area contributed by atoms with Crippen LogP contribution >= 0.6 is 0 Å². The van der Waals surface area contributed by atoms with E-state index in [4.69, 9.17) is 15.9 Å². The third-order valence-corrected chi connectivity index (χ3v) is 6.15. The molecule has 3 atom stereocenters. The third kappa shape index (κ3) is 8.56. The van der Waals surface area contributed by atoms with Gasteiger partial charge in [-0.3, -0.25) is 24.0 Å². The lowest BCUT2D eigenvalue weighted by atomic mass is 10.0. The predicted octanol–water partition coefficient (Wildman–Crippen LogP) is 0.0212. The molecule has 3 amide bonds. The van der Waals surface area contributed by atoms with Gasteiger partial charge < -0.3 is 42.0 Å². The van der Waals surface area contributed by atoms with Crippen molar-refractivity contribution >= 4 is 40.6 Å².